The molecule has 4 heteroatoms. The Labute approximate surface area is 127 Å². The van der Waals surface area contributed by atoms with Gasteiger partial charge in [0.25, 0.3) is 0 Å². The molecule has 1 aromatic rings. The van der Waals surface area contributed by atoms with Gasteiger partial charge in [-0.1, -0.05) is 5.92 Å². The van der Waals surface area contributed by atoms with Gasteiger partial charge in [0, 0.05) is 0 Å². The molecule has 0 bridgehead atoms. The van der Waals surface area contributed by atoms with Gasteiger partial charge < -0.3 is 19.1 Å². The summed E-state index contributed by atoms with van der Waals surface area (Å²) >= 11 is 0. The van der Waals surface area contributed by atoms with Crippen molar-refractivity contribution in [1.29, 1.82) is 0 Å². The quantitative estimate of drug-likeness (QED) is 0.831. The van der Waals surface area contributed by atoms with E-state index in [4.69, 9.17) is 14.2 Å². The first kappa shape index (κ1) is 15.7. The number of ether oxygens (including phenoxy) is 3. The molecule has 1 aliphatic heterocycles. The molecule has 4 nitrogen and oxygen atoms in total. The topological polar surface area (TPSA) is 32.1 Å². The summed E-state index contributed by atoms with van der Waals surface area (Å²) in [6, 6.07) is 7.53. The van der Waals surface area contributed by atoms with Gasteiger partial charge in [0.05, 0.1) is 7.11 Å². The van der Waals surface area contributed by atoms with Crippen molar-refractivity contribution in [2.45, 2.75) is 26.1 Å². The van der Waals surface area contributed by atoms with Crippen molar-refractivity contribution >= 4 is 0 Å². The van der Waals surface area contributed by atoms with Gasteiger partial charge in [0.15, 0.2) is 0 Å². The number of benzene rings is 1. The van der Waals surface area contributed by atoms with Crippen LogP contribution in [0, 0.1) is 11.8 Å². The summed E-state index contributed by atoms with van der Waals surface area (Å²) in [5.41, 5.74) is 0. The molecule has 1 aliphatic rings. The fourth-order valence-corrected chi connectivity index (χ4v) is 2.56. The van der Waals surface area contributed by atoms with Crippen LogP contribution in [0.15, 0.2) is 24.3 Å². The molecule has 0 aliphatic carbocycles. The molecule has 1 heterocycles. The average molecular weight is 290 g/mol. The van der Waals surface area contributed by atoms with Gasteiger partial charge in [0.1, 0.15) is 49.9 Å². The highest BCUT2D eigenvalue weighted by molar-refractivity contribution is 5.31. The highest BCUT2D eigenvalue weighted by Crippen LogP contribution is 2.16. The van der Waals surface area contributed by atoms with Crippen LogP contribution in [0.2, 0.25) is 0 Å². The van der Waals surface area contributed by atoms with Gasteiger partial charge in [0.2, 0.25) is 0 Å². The van der Waals surface area contributed by atoms with Crippen molar-refractivity contribution in [2.75, 3.05) is 33.4 Å². The minimum atomic E-state index is 0.320. The third-order valence-electron chi connectivity index (χ3n) is 3.45. The molecule has 1 saturated heterocycles. The maximum atomic E-state index is 5.72. The van der Waals surface area contributed by atoms with Crippen molar-refractivity contribution < 1.29 is 19.1 Å². The van der Waals surface area contributed by atoms with Gasteiger partial charge in [-0.25, -0.2) is 0 Å². The molecule has 2 rings (SSSR count). The van der Waals surface area contributed by atoms with Gasteiger partial charge in [-0.3, -0.25) is 0 Å². The minimum absolute atomic E-state index is 0.320. The van der Waals surface area contributed by atoms with E-state index in [0.717, 1.165) is 31.1 Å². The fraction of sp³-hybridized carbons (Fsp3) is 0.529. The number of nitrogens with one attached hydrogen (secondary N) is 1. The third-order valence-corrected chi connectivity index (χ3v) is 3.45. The van der Waals surface area contributed by atoms with Crippen molar-refractivity contribution in [3.05, 3.63) is 24.3 Å². The molecule has 0 spiro atoms. The van der Waals surface area contributed by atoms with Crippen molar-refractivity contribution in [3.63, 3.8) is 0 Å². The van der Waals surface area contributed by atoms with E-state index in [1.807, 2.05) is 24.3 Å². The van der Waals surface area contributed by atoms with Crippen LogP contribution in [0.3, 0.4) is 0 Å². The number of methoxy groups -OCH3 is 1. The van der Waals surface area contributed by atoms with E-state index >= 15 is 0 Å². The summed E-state index contributed by atoms with van der Waals surface area (Å²) in [6.45, 7) is 7.56. The van der Waals surface area contributed by atoms with E-state index < -0.39 is 0 Å². The van der Waals surface area contributed by atoms with Crippen LogP contribution in [0.4, 0.5) is 0 Å². The predicted molar refractivity (Wildman–Crippen MR) is 81.8 cm³/mol. The number of hydrogen-bond acceptors (Lipinski definition) is 3. The van der Waals surface area contributed by atoms with Gasteiger partial charge in [-0.15, -0.1) is 0 Å². The van der Waals surface area contributed by atoms with Gasteiger partial charge in [-0.05, 0) is 44.0 Å². The standard InChI is InChI=1S/C17H23NO3/c1-14-12-18(13-15(2)21-14)10-4-5-11-20-17-8-6-16(19-3)7-9-17/h6-9,14-15H,10-13H2,1-3H3/p+1/t14-,15+. The second kappa shape index (κ2) is 7.92. The van der Waals surface area contributed by atoms with Crippen LogP contribution in [-0.2, 0) is 4.74 Å². The Balaban J connectivity index is 1.71. The Kier molecular flexibility index (Phi) is 5.91. The Morgan fingerprint density at radius 2 is 1.71 bits per heavy atom. The molecule has 0 saturated carbocycles. The lowest BCUT2D eigenvalue weighted by atomic mass is 10.2. The smallest absolute Gasteiger partial charge is 0.149 e. The molecule has 1 N–H and O–H groups in total. The van der Waals surface area contributed by atoms with E-state index in [2.05, 4.69) is 25.7 Å². The predicted octanol–water partition coefficient (Wildman–Crippen LogP) is 0.770. The third kappa shape index (κ3) is 5.30. The first-order valence-electron chi connectivity index (χ1n) is 7.39. The summed E-state index contributed by atoms with van der Waals surface area (Å²) in [6.07, 6.45) is 0.641. The zero-order valence-electron chi connectivity index (χ0n) is 13.0. The lowest BCUT2D eigenvalue weighted by Gasteiger charge is -2.31. The normalized spacial score (nSPS) is 24.8. The Hall–Kier alpha value is -1.70. The summed E-state index contributed by atoms with van der Waals surface area (Å²) in [5.74, 6) is 7.91. The first-order valence-corrected chi connectivity index (χ1v) is 7.39. The highest BCUT2D eigenvalue weighted by atomic mass is 16.5. The lowest BCUT2D eigenvalue weighted by molar-refractivity contribution is -0.908. The van der Waals surface area contributed by atoms with E-state index in [0.29, 0.717) is 18.8 Å². The monoisotopic (exact) mass is 290 g/mol. The van der Waals surface area contributed by atoms with Crippen LogP contribution in [0.1, 0.15) is 13.8 Å². The largest absolute Gasteiger partial charge is 0.497 e. The van der Waals surface area contributed by atoms with Gasteiger partial charge in [-0.2, -0.15) is 0 Å². The molecular formula is C17H24NO3+. The Morgan fingerprint density at radius 1 is 1.10 bits per heavy atom. The maximum Gasteiger partial charge on any atom is 0.149 e. The van der Waals surface area contributed by atoms with E-state index in [9.17, 15) is 0 Å². The van der Waals surface area contributed by atoms with Crippen LogP contribution in [-0.4, -0.2) is 45.6 Å². The van der Waals surface area contributed by atoms with Crippen molar-refractivity contribution in [2.24, 2.45) is 0 Å². The first-order chi connectivity index (χ1) is 10.2. The van der Waals surface area contributed by atoms with Crippen LogP contribution >= 0.6 is 0 Å². The average Bonchev–Trinajstić information content (AvgIpc) is 2.46. The number of morpholine rings is 1. The van der Waals surface area contributed by atoms with Crippen LogP contribution < -0.4 is 14.4 Å². The molecule has 0 radical (unpaired) electrons. The molecule has 1 unspecified atom stereocenters. The number of quaternary nitrogens is 1. The maximum absolute atomic E-state index is 5.72. The SMILES string of the molecule is COc1ccc(OCC#CC[NH+]2C[C@@H](C)O[C@@H](C)C2)cc1. The Morgan fingerprint density at radius 3 is 2.33 bits per heavy atom. The second-order valence-corrected chi connectivity index (χ2v) is 5.41. The van der Waals surface area contributed by atoms with Crippen molar-refractivity contribution in [1.82, 2.24) is 0 Å². The molecule has 0 amide bonds. The summed E-state index contributed by atoms with van der Waals surface area (Å²) in [4.78, 5) is 1.48. The molecule has 1 fully saturated rings. The molecule has 0 aromatic heterocycles. The van der Waals surface area contributed by atoms with Crippen LogP contribution in [0.25, 0.3) is 0 Å². The zero-order valence-corrected chi connectivity index (χ0v) is 13.0. The fourth-order valence-electron chi connectivity index (χ4n) is 2.56. The second-order valence-electron chi connectivity index (χ2n) is 5.41. The summed E-state index contributed by atoms with van der Waals surface area (Å²) in [7, 11) is 1.65. The molecule has 114 valence electrons. The molecule has 1 aromatic carbocycles. The highest BCUT2D eigenvalue weighted by Gasteiger charge is 2.24. The molecule has 3 atom stereocenters. The molecule has 21 heavy (non-hydrogen) atoms. The van der Waals surface area contributed by atoms with Crippen molar-refractivity contribution in [3.8, 4) is 23.3 Å². The van der Waals surface area contributed by atoms with E-state index in [-0.39, 0.29) is 0 Å². The summed E-state index contributed by atoms with van der Waals surface area (Å²) in [5, 5.41) is 0. The Bertz CT molecular complexity index is 479. The van der Waals surface area contributed by atoms with E-state index in [1.165, 1.54) is 4.90 Å². The van der Waals surface area contributed by atoms with E-state index in [1.54, 1.807) is 7.11 Å². The number of hydrogen-bond donors (Lipinski definition) is 1. The summed E-state index contributed by atoms with van der Waals surface area (Å²) < 4.78 is 16.4. The molecular weight excluding hydrogens is 266 g/mol. The minimum Gasteiger partial charge on any atom is -0.497 e. The zero-order chi connectivity index (χ0) is 15.1. The van der Waals surface area contributed by atoms with Gasteiger partial charge >= 0.3 is 0 Å². The lowest BCUT2D eigenvalue weighted by Crippen LogP contribution is -3.15. The number of rotatable bonds is 4. The van der Waals surface area contributed by atoms with Crippen LogP contribution in [0.5, 0.6) is 11.5 Å².